The molecule has 1 aromatic heterocycles. The molecule has 4 heteroatoms. The summed E-state index contributed by atoms with van der Waals surface area (Å²) in [5.74, 6) is 0. The number of rotatable bonds is 2. The highest BCUT2D eigenvalue weighted by Gasteiger charge is 2.35. The van der Waals surface area contributed by atoms with E-state index in [1.807, 2.05) is 6.07 Å². The summed E-state index contributed by atoms with van der Waals surface area (Å²) in [6, 6.07) is 21.2. The lowest BCUT2D eigenvalue weighted by Crippen LogP contribution is -2.12. The predicted octanol–water partition coefficient (Wildman–Crippen LogP) is 4.96. The van der Waals surface area contributed by atoms with Gasteiger partial charge in [-0.25, -0.2) is 0 Å². The van der Waals surface area contributed by atoms with Gasteiger partial charge in [0.15, 0.2) is 0 Å². The van der Waals surface area contributed by atoms with E-state index in [1.54, 1.807) is 54.6 Å². The van der Waals surface area contributed by atoms with E-state index in [1.165, 1.54) is 4.57 Å². The smallest absolute Gasteiger partial charge is 0.305 e. The Morgan fingerprint density at radius 2 is 1.38 bits per heavy atom. The molecule has 0 saturated carbocycles. The number of hydrogen-bond donors (Lipinski definition) is 0. The molecule has 0 spiro atoms. The third kappa shape index (κ3) is 2.57. The fraction of sp³-hybridized carbons (Fsp3) is 0.0588. The summed E-state index contributed by atoms with van der Waals surface area (Å²) in [6.07, 6.45) is -4.43. The average molecular weight is 286 g/mol. The number of halogens is 3. The first-order valence-electron chi connectivity index (χ1n) is 6.39. The second-order valence-corrected chi connectivity index (χ2v) is 4.56. The van der Waals surface area contributed by atoms with Gasteiger partial charge in [-0.2, -0.15) is 13.2 Å². The van der Waals surface area contributed by atoms with Crippen molar-refractivity contribution in [3.8, 4) is 16.9 Å². The van der Waals surface area contributed by atoms with E-state index in [-0.39, 0.29) is 0 Å². The summed E-state index contributed by atoms with van der Waals surface area (Å²) in [4.78, 5) is 0. The van der Waals surface area contributed by atoms with E-state index >= 15 is 0 Å². The van der Waals surface area contributed by atoms with Crippen molar-refractivity contribution in [3.05, 3.63) is 78.5 Å². The zero-order valence-corrected chi connectivity index (χ0v) is 10.9. The highest BCUT2D eigenvalue weighted by molar-refractivity contribution is 5.63. The Morgan fingerprint density at radius 3 is 1.95 bits per heavy atom. The van der Waals surface area contributed by atoms with Crippen LogP contribution in [0.2, 0.25) is 0 Å². The molecule has 0 aliphatic rings. The first kappa shape index (κ1) is 13.5. The fourth-order valence-electron chi connectivity index (χ4n) is 2.25. The molecule has 1 heterocycles. The molecule has 105 valence electrons. The number of aromatic nitrogens is 1. The maximum absolute atomic E-state index is 13.2. The highest BCUT2D eigenvalue weighted by atomic mass is 19.4. The minimum absolute atomic E-state index is 0.397. The summed E-state index contributed by atoms with van der Waals surface area (Å²) in [5.41, 5.74) is 0.823. The molecular weight excluding hydrogens is 275 g/mol. The predicted molar refractivity (Wildman–Crippen MR) is 75.0 cm³/mol. The standard InChI is InChI=1S/C17H11F3N/c18-17(19,20)16-12-11-15(13-7-3-1-4-8-13)21(16)14-9-5-2-6-10-14/h1-10,12H. The summed E-state index contributed by atoms with van der Waals surface area (Å²) < 4.78 is 40.9. The van der Waals surface area contributed by atoms with Crippen molar-refractivity contribution in [1.82, 2.24) is 4.57 Å². The van der Waals surface area contributed by atoms with Crippen molar-refractivity contribution in [2.45, 2.75) is 6.18 Å². The lowest BCUT2D eigenvalue weighted by Gasteiger charge is -2.15. The van der Waals surface area contributed by atoms with Gasteiger partial charge in [-0.1, -0.05) is 48.5 Å². The van der Waals surface area contributed by atoms with Crippen LogP contribution >= 0.6 is 0 Å². The molecule has 0 aliphatic heterocycles. The minimum atomic E-state index is -4.43. The number of alkyl halides is 3. The molecule has 0 saturated heterocycles. The van der Waals surface area contributed by atoms with Crippen LogP contribution in [-0.2, 0) is 6.18 Å². The quantitative estimate of drug-likeness (QED) is 0.627. The van der Waals surface area contributed by atoms with E-state index in [0.29, 0.717) is 16.9 Å². The van der Waals surface area contributed by atoms with Crippen LogP contribution in [0.15, 0.2) is 66.7 Å². The van der Waals surface area contributed by atoms with Crippen molar-refractivity contribution in [3.63, 3.8) is 0 Å². The topological polar surface area (TPSA) is 4.93 Å². The number of hydrogen-bond acceptors (Lipinski definition) is 0. The zero-order valence-electron chi connectivity index (χ0n) is 10.9. The van der Waals surface area contributed by atoms with Crippen molar-refractivity contribution < 1.29 is 13.2 Å². The molecule has 1 radical (unpaired) electrons. The summed E-state index contributed by atoms with van der Waals surface area (Å²) in [5, 5.41) is 0. The molecule has 1 nitrogen and oxygen atoms in total. The van der Waals surface area contributed by atoms with E-state index < -0.39 is 11.9 Å². The van der Waals surface area contributed by atoms with Gasteiger partial charge in [0.25, 0.3) is 0 Å². The SMILES string of the molecule is FC(F)(F)c1c[c]c(-c2ccccc2)n1-c1ccccc1. The Labute approximate surface area is 120 Å². The maximum atomic E-state index is 13.2. The molecule has 0 atom stereocenters. The van der Waals surface area contributed by atoms with Gasteiger partial charge in [-0.15, -0.1) is 0 Å². The Kier molecular flexibility index (Phi) is 3.29. The second-order valence-electron chi connectivity index (χ2n) is 4.56. The number of benzene rings is 2. The van der Waals surface area contributed by atoms with Gasteiger partial charge in [0, 0.05) is 11.8 Å². The summed E-state index contributed by atoms with van der Waals surface area (Å²) in [7, 11) is 0. The summed E-state index contributed by atoms with van der Waals surface area (Å²) >= 11 is 0. The lowest BCUT2D eigenvalue weighted by molar-refractivity contribution is -0.142. The fourth-order valence-corrected chi connectivity index (χ4v) is 2.25. The van der Waals surface area contributed by atoms with Gasteiger partial charge in [0.05, 0.1) is 5.69 Å². The van der Waals surface area contributed by atoms with Crippen molar-refractivity contribution >= 4 is 0 Å². The molecule has 3 aromatic rings. The third-order valence-electron chi connectivity index (χ3n) is 3.16. The van der Waals surface area contributed by atoms with Gasteiger partial charge in [0.1, 0.15) is 5.69 Å². The molecule has 0 fully saturated rings. The van der Waals surface area contributed by atoms with Gasteiger partial charge in [-0.05, 0) is 23.8 Å². The van der Waals surface area contributed by atoms with Crippen LogP contribution in [0.4, 0.5) is 13.2 Å². The van der Waals surface area contributed by atoms with Crippen LogP contribution in [0.3, 0.4) is 0 Å². The van der Waals surface area contributed by atoms with E-state index in [0.717, 1.165) is 6.07 Å². The van der Waals surface area contributed by atoms with Crippen molar-refractivity contribution in [1.29, 1.82) is 0 Å². The maximum Gasteiger partial charge on any atom is 0.431 e. The highest BCUT2D eigenvalue weighted by Crippen LogP contribution is 2.35. The zero-order chi connectivity index (χ0) is 14.9. The van der Waals surface area contributed by atoms with E-state index in [2.05, 4.69) is 6.07 Å². The third-order valence-corrected chi connectivity index (χ3v) is 3.16. The summed E-state index contributed by atoms with van der Waals surface area (Å²) in [6.45, 7) is 0. The molecular formula is C17H11F3N. The van der Waals surface area contributed by atoms with Gasteiger partial charge in [0.2, 0.25) is 0 Å². The molecule has 3 rings (SSSR count). The molecule has 0 aliphatic carbocycles. The first-order valence-corrected chi connectivity index (χ1v) is 6.39. The average Bonchev–Trinajstić information content (AvgIpc) is 2.94. The Morgan fingerprint density at radius 1 is 0.810 bits per heavy atom. The van der Waals surface area contributed by atoms with Gasteiger partial charge in [-0.3, -0.25) is 0 Å². The largest absolute Gasteiger partial charge is 0.431 e. The van der Waals surface area contributed by atoms with E-state index in [9.17, 15) is 13.2 Å². The van der Waals surface area contributed by atoms with Crippen molar-refractivity contribution in [2.75, 3.05) is 0 Å². The molecule has 21 heavy (non-hydrogen) atoms. The minimum Gasteiger partial charge on any atom is -0.305 e. The molecule has 0 amide bonds. The second kappa shape index (κ2) is 5.13. The van der Waals surface area contributed by atoms with Crippen LogP contribution in [0.5, 0.6) is 0 Å². The van der Waals surface area contributed by atoms with Crippen LogP contribution in [0, 0.1) is 6.07 Å². The normalized spacial score (nSPS) is 11.6. The van der Waals surface area contributed by atoms with Crippen LogP contribution in [0.25, 0.3) is 16.9 Å². The first-order chi connectivity index (χ1) is 10.1. The molecule has 0 N–H and O–H groups in total. The molecule has 0 unspecified atom stereocenters. The monoisotopic (exact) mass is 286 g/mol. The Balaban J connectivity index is 2.26. The van der Waals surface area contributed by atoms with Crippen LogP contribution in [0.1, 0.15) is 5.69 Å². The van der Waals surface area contributed by atoms with Gasteiger partial charge >= 0.3 is 6.18 Å². The van der Waals surface area contributed by atoms with E-state index in [4.69, 9.17) is 0 Å². The molecule has 0 bridgehead atoms. The number of para-hydroxylation sites is 1. The Bertz CT molecular complexity index is 728. The Hall–Kier alpha value is -2.49. The van der Waals surface area contributed by atoms with Crippen LogP contribution < -0.4 is 0 Å². The molecule has 2 aromatic carbocycles. The van der Waals surface area contributed by atoms with Crippen LogP contribution in [-0.4, -0.2) is 4.57 Å². The number of nitrogens with zero attached hydrogens (tertiary/aromatic N) is 1. The van der Waals surface area contributed by atoms with Crippen molar-refractivity contribution in [2.24, 2.45) is 0 Å². The van der Waals surface area contributed by atoms with Gasteiger partial charge < -0.3 is 4.57 Å². The lowest BCUT2D eigenvalue weighted by atomic mass is 10.1.